The van der Waals surface area contributed by atoms with E-state index in [4.69, 9.17) is 0 Å². The highest BCUT2D eigenvalue weighted by molar-refractivity contribution is 5.79. The monoisotopic (exact) mass is 305 g/mol. The van der Waals surface area contributed by atoms with E-state index < -0.39 is 0 Å². The van der Waals surface area contributed by atoms with E-state index in [9.17, 15) is 10.1 Å². The summed E-state index contributed by atoms with van der Waals surface area (Å²) >= 11 is 0. The molecular formula is C15H23N5O2. The summed E-state index contributed by atoms with van der Waals surface area (Å²) in [5.74, 6) is 1.55. The van der Waals surface area contributed by atoms with Gasteiger partial charge in [0.25, 0.3) is 5.69 Å². The summed E-state index contributed by atoms with van der Waals surface area (Å²) in [6.45, 7) is 4.93. The lowest BCUT2D eigenvalue weighted by Crippen LogP contribution is -2.39. The van der Waals surface area contributed by atoms with Gasteiger partial charge in [-0.1, -0.05) is 12.1 Å². The Morgan fingerprint density at radius 1 is 1.32 bits per heavy atom. The van der Waals surface area contributed by atoms with E-state index in [0.29, 0.717) is 18.8 Å². The Balaban J connectivity index is 1.77. The fourth-order valence-electron chi connectivity index (χ4n) is 2.02. The summed E-state index contributed by atoms with van der Waals surface area (Å²) < 4.78 is 0. The van der Waals surface area contributed by atoms with E-state index in [1.165, 1.54) is 18.9 Å². The lowest BCUT2D eigenvalue weighted by molar-refractivity contribution is -0.384. The molecule has 1 aliphatic rings. The maximum absolute atomic E-state index is 10.9. The predicted molar refractivity (Wildman–Crippen MR) is 88.3 cm³/mol. The summed E-state index contributed by atoms with van der Waals surface area (Å²) in [5.41, 5.74) is 0.631. The molecule has 7 heteroatoms. The number of hydrogen-bond donors (Lipinski definition) is 3. The van der Waals surface area contributed by atoms with E-state index in [1.807, 2.05) is 6.92 Å². The van der Waals surface area contributed by atoms with Crippen LogP contribution in [0.15, 0.2) is 29.3 Å². The molecule has 0 atom stereocenters. The van der Waals surface area contributed by atoms with E-state index in [-0.39, 0.29) is 10.6 Å². The first-order chi connectivity index (χ1) is 10.7. The van der Waals surface area contributed by atoms with Crippen LogP contribution in [-0.4, -0.2) is 37.1 Å². The lowest BCUT2D eigenvalue weighted by Gasteiger charge is -2.12. The van der Waals surface area contributed by atoms with Crippen LogP contribution in [0.25, 0.3) is 0 Å². The van der Waals surface area contributed by atoms with Gasteiger partial charge in [0.15, 0.2) is 5.96 Å². The van der Waals surface area contributed by atoms with Crippen LogP contribution < -0.4 is 16.0 Å². The summed E-state index contributed by atoms with van der Waals surface area (Å²) in [6.07, 6.45) is 2.56. The third kappa shape index (κ3) is 5.23. The molecule has 7 nitrogen and oxygen atoms in total. The Labute approximate surface area is 130 Å². The maximum Gasteiger partial charge on any atom is 0.292 e. The van der Waals surface area contributed by atoms with Crippen molar-refractivity contribution in [1.29, 1.82) is 0 Å². The summed E-state index contributed by atoms with van der Waals surface area (Å²) in [4.78, 5) is 15.1. The Kier molecular flexibility index (Phi) is 6.00. The van der Waals surface area contributed by atoms with Crippen LogP contribution in [0.5, 0.6) is 0 Å². The van der Waals surface area contributed by atoms with Crippen molar-refractivity contribution in [3.8, 4) is 0 Å². The largest absolute Gasteiger partial charge is 0.378 e. The first-order valence-corrected chi connectivity index (χ1v) is 7.70. The number of nitrogens with zero attached hydrogens (tertiary/aromatic N) is 2. The van der Waals surface area contributed by atoms with Gasteiger partial charge in [0.2, 0.25) is 0 Å². The van der Waals surface area contributed by atoms with E-state index in [1.54, 1.807) is 18.2 Å². The molecule has 1 saturated carbocycles. The molecule has 1 aromatic rings. The number of benzene rings is 1. The molecule has 1 aromatic carbocycles. The molecule has 1 aliphatic carbocycles. The summed E-state index contributed by atoms with van der Waals surface area (Å²) in [7, 11) is 0. The molecule has 0 aromatic heterocycles. The predicted octanol–water partition coefficient (Wildman–Crippen LogP) is 1.97. The van der Waals surface area contributed by atoms with Crippen molar-refractivity contribution in [2.45, 2.75) is 19.8 Å². The smallest absolute Gasteiger partial charge is 0.292 e. The molecule has 0 radical (unpaired) electrons. The number of nitrogens with one attached hydrogen (secondary N) is 3. The van der Waals surface area contributed by atoms with Gasteiger partial charge in [-0.2, -0.15) is 0 Å². The third-order valence-electron chi connectivity index (χ3n) is 3.38. The van der Waals surface area contributed by atoms with Gasteiger partial charge in [-0.3, -0.25) is 15.1 Å². The van der Waals surface area contributed by atoms with Gasteiger partial charge in [-0.15, -0.1) is 0 Å². The fraction of sp³-hybridized carbons (Fsp3) is 0.533. The van der Waals surface area contributed by atoms with Crippen molar-refractivity contribution in [2.75, 3.05) is 31.5 Å². The number of nitro groups is 1. The number of aliphatic imine (C=N–C) groups is 1. The standard InChI is InChI=1S/C15H23N5O2/c1-2-16-15(19-11-12-7-8-12)18-10-9-17-13-5-3-4-6-14(13)20(21)22/h3-6,12,17H,2,7-11H2,1H3,(H2,16,18,19). The fourth-order valence-corrected chi connectivity index (χ4v) is 2.02. The zero-order valence-electron chi connectivity index (χ0n) is 12.8. The highest BCUT2D eigenvalue weighted by Crippen LogP contribution is 2.28. The van der Waals surface area contributed by atoms with Crippen LogP contribution in [0.1, 0.15) is 19.8 Å². The molecule has 0 spiro atoms. The zero-order valence-corrected chi connectivity index (χ0v) is 12.8. The second-order valence-corrected chi connectivity index (χ2v) is 5.29. The SMILES string of the molecule is CCNC(=NCC1CC1)NCCNc1ccccc1[N+](=O)[O-]. The maximum atomic E-state index is 10.9. The van der Waals surface area contributed by atoms with Crippen molar-refractivity contribution in [3.63, 3.8) is 0 Å². The average Bonchev–Trinajstić information content (AvgIpc) is 3.33. The second kappa shape index (κ2) is 8.21. The van der Waals surface area contributed by atoms with Crippen molar-refractivity contribution in [1.82, 2.24) is 10.6 Å². The number of rotatable bonds is 8. The van der Waals surface area contributed by atoms with E-state index in [2.05, 4.69) is 20.9 Å². The molecular weight excluding hydrogens is 282 g/mol. The lowest BCUT2D eigenvalue weighted by atomic mass is 10.2. The van der Waals surface area contributed by atoms with Gasteiger partial charge in [0.05, 0.1) is 4.92 Å². The Bertz CT molecular complexity index is 528. The minimum Gasteiger partial charge on any atom is -0.378 e. The van der Waals surface area contributed by atoms with E-state index in [0.717, 1.165) is 25.0 Å². The highest BCUT2D eigenvalue weighted by Gasteiger charge is 2.20. The molecule has 120 valence electrons. The van der Waals surface area contributed by atoms with Crippen molar-refractivity contribution in [2.24, 2.45) is 10.9 Å². The molecule has 3 N–H and O–H groups in total. The number of nitro benzene ring substituents is 1. The van der Waals surface area contributed by atoms with Crippen LogP contribution in [-0.2, 0) is 0 Å². The average molecular weight is 305 g/mol. The molecule has 1 fully saturated rings. The quantitative estimate of drug-likeness (QED) is 0.224. The Hall–Kier alpha value is -2.31. The van der Waals surface area contributed by atoms with Gasteiger partial charge < -0.3 is 16.0 Å². The van der Waals surface area contributed by atoms with Crippen LogP contribution in [0.3, 0.4) is 0 Å². The number of para-hydroxylation sites is 2. The van der Waals surface area contributed by atoms with Gasteiger partial charge in [-0.05, 0) is 31.7 Å². The van der Waals surface area contributed by atoms with Gasteiger partial charge in [0, 0.05) is 32.2 Å². The minimum atomic E-state index is -0.378. The number of guanidine groups is 1. The van der Waals surface area contributed by atoms with Gasteiger partial charge in [-0.25, -0.2) is 0 Å². The van der Waals surface area contributed by atoms with Crippen molar-refractivity contribution in [3.05, 3.63) is 34.4 Å². The second-order valence-electron chi connectivity index (χ2n) is 5.29. The minimum absolute atomic E-state index is 0.0943. The van der Waals surface area contributed by atoms with Crippen LogP contribution >= 0.6 is 0 Å². The van der Waals surface area contributed by atoms with Crippen LogP contribution in [0, 0.1) is 16.0 Å². The van der Waals surface area contributed by atoms with Gasteiger partial charge in [0.1, 0.15) is 5.69 Å². The Morgan fingerprint density at radius 3 is 2.77 bits per heavy atom. The zero-order chi connectivity index (χ0) is 15.8. The van der Waals surface area contributed by atoms with Crippen molar-refractivity contribution >= 4 is 17.3 Å². The molecule has 0 saturated heterocycles. The molecule has 22 heavy (non-hydrogen) atoms. The molecule has 0 heterocycles. The topological polar surface area (TPSA) is 91.6 Å². The molecule has 0 aliphatic heterocycles. The third-order valence-corrected chi connectivity index (χ3v) is 3.38. The molecule has 0 bridgehead atoms. The number of hydrogen-bond acceptors (Lipinski definition) is 4. The normalized spacial score (nSPS) is 14.5. The Morgan fingerprint density at radius 2 is 2.09 bits per heavy atom. The molecule has 2 rings (SSSR count). The first kappa shape index (κ1) is 16.1. The summed E-state index contributed by atoms with van der Waals surface area (Å²) in [6, 6.07) is 6.65. The molecule has 0 amide bonds. The number of anilines is 1. The summed E-state index contributed by atoms with van der Waals surface area (Å²) in [5, 5.41) is 20.4. The van der Waals surface area contributed by atoms with Crippen LogP contribution in [0.2, 0.25) is 0 Å². The van der Waals surface area contributed by atoms with Gasteiger partial charge >= 0.3 is 0 Å². The van der Waals surface area contributed by atoms with E-state index >= 15 is 0 Å². The first-order valence-electron chi connectivity index (χ1n) is 7.70. The highest BCUT2D eigenvalue weighted by atomic mass is 16.6. The van der Waals surface area contributed by atoms with Crippen LogP contribution in [0.4, 0.5) is 11.4 Å². The molecule has 0 unspecified atom stereocenters. The van der Waals surface area contributed by atoms with Crippen molar-refractivity contribution < 1.29 is 4.92 Å².